The molecule has 0 amide bonds. The Labute approximate surface area is 115 Å². The number of hydrogen-bond donors (Lipinski definition) is 0. The van der Waals surface area contributed by atoms with Crippen LogP contribution in [0.15, 0.2) is 0 Å². The third kappa shape index (κ3) is 3.21. The number of halogens is 1. The van der Waals surface area contributed by atoms with Crippen molar-refractivity contribution in [3.63, 3.8) is 0 Å². The van der Waals surface area contributed by atoms with Crippen LogP contribution in [0.3, 0.4) is 0 Å². The van der Waals surface area contributed by atoms with Crippen LogP contribution < -0.4 is 0 Å². The van der Waals surface area contributed by atoms with Gasteiger partial charge in [0.05, 0.1) is 0 Å². The van der Waals surface area contributed by atoms with Gasteiger partial charge in [0.25, 0.3) is 0 Å². The number of aryl methyl sites for hydroxylation is 1. The van der Waals surface area contributed by atoms with Gasteiger partial charge in [-0.25, -0.2) is 9.97 Å². The van der Waals surface area contributed by atoms with Gasteiger partial charge in [-0.05, 0) is 38.8 Å². The lowest BCUT2D eigenvalue weighted by atomic mass is 9.97. The van der Waals surface area contributed by atoms with Crippen molar-refractivity contribution in [1.29, 1.82) is 0 Å². The Morgan fingerprint density at radius 2 is 1.83 bits per heavy atom. The Kier molecular flexibility index (Phi) is 4.95. The summed E-state index contributed by atoms with van der Waals surface area (Å²) in [6.07, 6.45) is 5.46. The maximum Gasteiger partial charge on any atom is 0.136 e. The predicted octanol–water partition coefficient (Wildman–Crippen LogP) is 2.89. The molecule has 0 saturated heterocycles. The summed E-state index contributed by atoms with van der Waals surface area (Å²) >= 11 is 6.27. The van der Waals surface area contributed by atoms with E-state index in [2.05, 4.69) is 23.7 Å². The Balaban J connectivity index is 2.07. The van der Waals surface area contributed by atoms with Gasteiger partial charge < -0.3 is 4.90 Å². The zero-order valence-electron chi connectivity index (χ0n) is 11.4. The molecule has 1 heterocycles. The van der Waals surface area contributed by atoms with Crippen LogP contribution in [0.1, 0.15) is 43.8 Å². The molecule has 0 unspecified atom stereocenters. The normalized spacial score (nSPS) is 14.9. The van der Waals surface area contributed by atoms with E-state index in [-0.39, 0.29) is 0 Å². The molecule has 18 heavy (non-hydrogen) atoms. The molecule has 1 aromatic rings. The van der Waals surface area contributed by atoms with Crippen molar-refractivity contribution in [2.75, 3.05) is 19.6 Å². The van der Waals surface area contributed by atoms with E-state index in [9.17, 15) is 0 Å². The van der Waals surface area contributed by atoms with Gasteiger partial charge in [-0.1, -0.05) is 25.4 Å². The molecule has 0 saturated carbocycles. The van der Waals surface area contributed by atoms with Gasteiger partial charge in [0.15, 0.2) is 0 Å². The van der Waals surface area contributed by atoms with Crippen molar-refractivity contribution < 1.29 is 0 Å². The van der Waals surface area contributed by atoms with E-state index < -0.39 is 0 Å². The fourth-order valence-corrected chi connectivity index (χ4v) is 2.81. The lowest BCUT2D eigenvalue weighted by Crippen LogP contribution is -2.26. The number of fused-ring (bicyclic) bond motifs is 1. The van der Waals surface area contributed by atoms with Gasteiger partial charge >= 0.3 is 0 Å². The van der Waals surface area contributed by atoms with Crippen LogP contribution in [-0.4, -0.2) is 34.5 Å². The van der Waals surface area contributed by atoms with Crippen molar-refractivity contribution in [3.05, 3.63) is 22.2 Å². The summed E-state index contributed by atoms with van der Waals surface area (Å²) in [6.45, 7) is 7.54. The standard InChI is InChI=1S/C14H22ClN3/c1-3-18(4-2)10-9-13-16-12-8-6-5-7-11(12)14(15)17-13/h3-10H2,1-2H3. The molecule has 4 heteroatoms. The van der Waals surface area contributed by atoms with Gasteiger partial charge in [0.1, 0.15) is 11.0 Å². The summed E-state index contributed by atoms with van der Waals surface area (Å²) in [5.41, 5.74) is 2.38. The van der Waals surface area contributed by atoms with Crippen molar-refractivity contribution in [1.82, 2.24) is 14.9 Å². The SMILES string of the molecule is CCN(CC)CCc1nc(Cl)c2c(n1)CCCC2. The molecule has 0 atom stereocenters. The molecule has 3 nitrogen and oxygen atoms in total. The Morgan fingerprint density at radius 3 is 2.56 bits per heavy atom. The highest BCUT2D eigenvalue weighted by atomic mass is 35.5. The van der Waals surface area contributed by atoms with Crippen molar-refractivity contribution >= 4 is 11.6 Å². The van der Waals surface area contributed by atoms with Crippen LogP contribution in [0.5, 0.6) is 0 Å². The van der Waals surface area contributed by atoms with Gasteiger partial charge in [-0.15, -0.1) is 0 Å². The number of likely N-dealkylation sites (N-methyl/N-ethyl adjacent to an activating group) is 1. The molecular weight excluding hydrogens is 246 g/mol. The van der Waals surface area contributed by atoms with Crippen LogP contribution in [0.4, 0.5) is 0 Å². The average Bonchev–Trinajstić information content (AvgIpc) is 2.40. The van der Waals surface area contributed by atoms with Crippen LogP contribution in [0.2, 0.25) is 5.15 Å². The van der Waals surface area contributed by atoms with Gasteiger partial charge in [0, 0.05) is 24.2 Å². The van der Waals surface area contributed by atoms with Crippen molar-refractivity contribution in [2.24, 2.45) is 0 Å². The summed E-state index contributed by atoms with van der Waals surface area (Å²) in [5.74, 6) is 0.910. The molecule has 0 spiro atoms. The fraction of sp³-hybridized carbons (Fsp3) is 0.714. The third-order valence-electron chi connectivity index (χ3n) is 3.73. The fourth-order valence-electron chi connectivity index (χ4n) is 2.51. The predicted molar refractivity (Wildman–Crippen MR) is 75.2 cm³/mol. The van der Waals surface area contributed by atoms with Crippen molar-refractivity contribution in [2.45, 2.75) is 46.0 Å². The molecule has 2 rings (SSSR count). The molecule has 0 aliphatic heterocycles. The van der Waals surface area contributed by atoms with E-state index >= 15 is 0 Å². The highest BCUT2D eigenvalue weighted by Gasteiger charge is 2.16. The first-order chi connectivity index (χ1) is 8.74. The minimum absolute atomic E-state index is 0.689. The topological polar surface area (TPSA) is 29.0 Å². The van der Waals surface area contributed by atoms with Gasteiger partial charge in [0.2, 0.25) is 0 Å². The molecule has 0 N–H and O–H groups in total. The molecule has 0 aromatic carbocycles. The zero-order chi connectivity index (χ0) is 13.0. The molecule has 1 aliphatic rings. The lowest BCUT2D eigenvalue weighted by Gasteiger charge is -2.19. The molecule has 0 radical (unpaired) electrons. The van der Waals surface area contributed by atoms with Crippen LogP contribution >= 0.6 is 11.6 Å². The first-order valence-corrected chi connectivity index (χ1v) is 7.38. The first kappa shape index (κ1) is 13.8. The molecule has 0 bridgehead atoms. The summed E-state index contributed by atoms with van der Waals surface area (Å²) in [5, 5.41) is 0.689. The van der Waals surface area contributed by atoms with E-state index in [0.29, 0.717) is 5.15 Å². The summed E-state index contributed by atoms with van der Waals surface area (Å²) in [6, 6.07) is 0. The Morgan fingerprint density at radius 1 is 1.11 bits per heavy atom. The minimum Gasteiger partial charge on any atom is -0.303 e. The van der Waals surface area contributed by atoms with Gasteiger partial charge in [-0.3, -0.25) is 0 Å². The summed E-state index contributed by atoms with van der Waals surface area (Å²) in [4.78, 5) is 11.5. The Bertz CT molecular complexity index is 402. The third-order valence-corrected chi connectivity index (χ3v) is 4.04. The maximum atomic E-state index is 6.27. The minimum atomic E-state index is 0.689. The quantitative estimate of drug-likeness (QED) is 0.768. The smallest absolute Gasteiger partial charge is 0.136 e. The van der Waals surface area contributed by atoms with Crippen LogP contribution in [0.25, 0.3) is 0 Å². The second-order valence-electron chi connectivity index (χ2n) is 4.84. The van der Waals surface area contributed by atoms with E-state index in [1.54, 1.807) is 0 Å². The van der Waals surface area contributed by atoms with E-state index in [4.69, 9.17) is 16.6 Å². The molecular formula is C14H22ClN3. The first-order valence-electron chi connectivity index (χ1n) is 7.01. The van der Waals surface area contributed by atoms with Crippen molar-refractivity contribution in [3.8, 4) is 0 Å². The van der Waals surface area contributed by atoms with E-state index in [1.165, 1.54) is 24.1 Å². The van der Waals surface area contributed by atoms with Crippen LogP contribution in [-0.2, 0) is 19.3 Å². The van der Waals surface area contributed by atoms with E-state index in [1.807, 2.05) is 0 Å². The maximum absolute atomic E-state index is 6.27. The lowest BCUT2D eigenvalue weighted by molar-refractivity contribution is 0.305. The number of rotatable bonds is 5. The largest absolute Gasteiger partial charge is 0.303 e. The molecule has 0 fully saturated rings. The zero-order valence-corrected chi connectivity index (χ0v) is 12.1. The number of nitrogens with zero attached hydrogens (tertiary/aromatic N) is 3. The molecule has 100 valence electrons. The summed E-state index contributed by atoms with van der Waals surface area (Å²) < 4.78 is 0. The number of aromatic nitrogens is 2. The van der Waals surface area contributed by atoms with Crippen LogP contribution in [0, 0.1) is 0 Å². The highest BCUT2D eigenvalue weighted by Crippen LogP contribution is 2.25. The monoisotopic (exact) mass is 267 g/mol. The van der Waals surface area contributed by atoms with E-state index in [0.717, 1.165) is 44.7 Å². The molecule has 1 aromatic heterocycles. The van der Waals surface area contributed by atoms with Gasteiger partial charge in [-0.2, -0.15) is 0 Å². The number of hydrogen-bond acceptors (Lipinski definition) is 3. The Hall–Kier alpha value is -0.670. The second-order valence-corrected chi connectivity index (χ2v) is 5.20. The second kappa shape index (κ2) is 6.48. The molecule has 1 aliphatic carbocycles. The summed E-state index contributed by atoms with van der Waals surface area (Å²) in [7, 11) is 0. The average molecular weight is 268 g/mol. The highest BCUT2D eigenvalue weighted by molar-refractivity contribution is 6.30.